The number of amides is 1. The molecule has 0 fully saturated rings. The Labute approximate surface area is 185 Å². The summed E-state index contributed by atoms with van der Waals surface area (Å²) in [5, 5.41) is 11.3. The Hall–Kier alpha value is -3.59. The lowest BCUT2D eigenvalue weighted by Crippen LogP contribution is -2.32. The van der Waals surface area contributed by atoms with E-state index in [1.165, 1.54) is 6.33 Å². The van der Waals surface area contributed by atoms with Crippen LogP contribution in [0.1, 0.15) is 24.1 Å². The van der Waals surface area contributed by atoms with Crippen molar-refractivity contribution in [3.8, 4) is 17.1 Å². The van der Waals surface area contributed by atoms with E-state index in [9.17, 15) is 4.79 Å². The molecule has 2 aromatic carbocycles. The molecule has 2 heterocycles. The average molecular weight is 434 g/mol. The van der Waals surface area contributed by atoms with Crippen LogP contribution in [0.25, 0.3) is 17.1 Å². The van der Waals surface area contributed by atoms with E-state index >= 15 is 0 Å². The number of carbonyl (C=O) groups excluding carboxylic acids is 1. The normalized spacial score (nSPS) is 12.0. The monoisotopic (exact) mass is 433 g/mol. The SMILES string of the molecule is Cc1cccc(-c2n[nH]c(=S)n2CC(=O)N(C)[C@H](C)c2ccc(-n3cncn3)cc2)c1. The number of likely N-dealkylation sites (N-methyl/N-ethyl adjacent to an activating group) is 1. The molecular formula is C22H23N7OS. The molecular weight excluding hydrogens is 410 g/mol. The van der Waals surface area contributed by atoms with Crippen molar-refractivity contribution in [1.82, 2.24) is 34.4 Å². The van der Waals surface area contributed by atoms with Crippen LogP contribution in [0.2, 0.25) is 0 Å². The van der Waals surface area contributed by atoms with Crippen LogP contribution >= 0.6 is 12.2 Å². The Bertz CT molecular complexity index is 1240. The molecule has 0 bridgehead atoms. The number of hydrogen-bond acceptors (Lipinski definition) is 5. The van der Waals surface area contributed by atoms with Gasteiger partial charge in [-0.2, -0.15) is 10.2 Å². The molecule has 31 heavy (non-hydrogen) atoms. The standard InChI is InChI=1S/C22H23N7OS/c1-15-5-4-6-18(11-15)21-25-26-22(31)28(21)12-20(30)27(3)16(2)17-7-9-19(10-8-17)29-14-23-13-24-29/h4-11,13-14,16H,12H2,1-3H3,(H,26,31)/t16-/m1/s1. The van der Waals surface area contributed by atoms with Gasteiger partial charge in [0.2, 0.25) is 5.91 Å². The number of nitrogens with zero attached hydrogens (tertiary/aromatic N) is 6. The Balaban J connectivity index is 1.51. The highest BCUT2D eigenvalue weighted by atomic mass is 32.1. The van der Waals surface area contributed by atoms with Gasteiger partial charge in [-0.15, -0.1) is 0 Å². The highest BCUT2D eigenvalue weighted by Crippen LogP contribution is 2.22. The van der Waals surface area contributed by atoms with Crippen molar-refractivity contribution in [2.24, 2.45) is 0 Å². The van der Waals surface area contributed by atoms with E-state index in [-0.39, 0.29) is 18.5 Å². The molecule has 158 valence electrons. The lowest BCUT2D eigenvalue weighted by atomic mass is 10.1. The van der Waals surface area contributed by atoms with E-state index in [0.717, 1.165) is 22.4 Å². The van der Waals surface area contributed by atoms with Crippen molar-refractivity contribution in [2.45, 2.75) is 26.4 Å². The molecule has 0 unspecified atom stereocenters. The van der Waals surface area contributed by atoms with E-state index in [0.29, 0.717) is 10.6 Å². The fourth-order valence-electron chi connectivity index (χ4n) is 3.40. The minimum Gasteiger partial charge on any atom is -0.337 e. The molecule has 8 nitrogen and oxygen atoms in total. The lowest BCUT2D eigenvalue weighted by molar-refractivity contribution is -0.132. The van der Waals surface area contributed by atoms with E-state index < -0.39 is 0 Å². The summed E-state index contributed by atoms with van der Waals surface area (Å²) >= 11 is 5.38. The molecule has 9 heteroatoms. The topological polar surface area (TPSA) is 84.6 Å². The van der Waals surface area contributed by atoms with Gasteiger partial charge in [0, 0.05) is 12.6 Å². The van der Waals surface area contributed by atoms with Crippen LogP contribution in [0, 0.1) is 11.7 Å². The van der Waals surface area contributed by atoms with Gasteiger partial charge in [-0.05, 0) is 49.8 Å². The zero-order chi connectivity index (χ0) is 22.0. The zero-order valence-corrected chi connectivity index (χ0v) is 18.4. The first-order chi connectivity index (χ1) is 14.9. The average Bonchev–Trinajstić information content (AvgIpc) is 3.43. The second kappa shape index (κ2) is 8.65. The van der Waals surface area contributed by atoms with Crippen LogP contribution in [-0.4, -0.2) is 47.4 Å². The van der Waals surface area contributed by atoms with Crippen molar-refractivity contribution in [3.63, 3.8) is 0 Å². The summed E-state index contributed by atoms with van der Waals surface area (Å²) in [5.74, 6) is 0.597. The quantitative estimate of drug-likeness (QED) is 0.469. The Morgan fingerprint density at radius 3 is 2.68 bits per heavy atom. The fourth-order valence-corrected chi connectivity index (χ4v) is 3.60. The second-order valence-corrected chi connectivity index (χ2v) is 7.81. The number of rotatable bonds is 6. The van der Waals surface area contributed by atoms with Gasteiger partial charge in [-0.3, -0.25) is 14.5 Å². The molecule has 1 N–H and O–H groups in total. The molecule has 1 atom stereocenters. The minimum absolute atomic E-state index is 0.0562. The number of carbonyl (C=O) groups is 1. The number of aromatic nitrogens is 6. The number of benzene rings is 2. The van der Waals surface area contributed by atoms with Gasteiger partial charge in [0.1, 0.15) is 19.2 Å². The Morgan fingerprint density at radius 2 is 2.00 bits per heavy atom. The van der Waals surface area contributed by atoms with Gasteiger partial charge in [0.25, 0.3) is 0 Å². The summed E-state index contributed by atoms with van der Waals surface area (Å²) in [6, 6.07) is 15.8. The molecule has 2 aromatic heterocycles. The summed E-state index contributed by atoms with van der Waals surface area (Å²) in [7, 11) is 1.80. The molecule has 4 aromatic rings. The van der Waals surface area contributed by atoms with Crippen LogP contribution in [-0.2, 0) is 11.3 Å². The molecule has 0 aliphatic heterocycles. The molecule has 0 radical (unpaired) electrons. The highest BCUT2D eigenvalue weighted by molar-refractivity contribution is 7.71. The van der Waals surface area contributed by atoms with Crippen molar-refractivity contribution >= 4 is 18.1 Å². The Morgan fingerprint density at radius 1 is 1.23 bits per heavy atom. The molecule has 4 rings (SSSR count). The summed E-state index contributed by atoms with van der Waals surface area (Å²) in [4.78, 5) is 18.8. The van der Waals surface area contributed by atoms with E-state index in [1.54, 1.807) is 27.5 Å². The minimum atomic E-state index is -0.110. The smallest absolute Gasteiger partial charge is 0.242 e. The maximum atomic E-state index is 13.1. The van der Waals surface area contributed by atoms with Crippen LogP contribution < -0.4 is 0 Å². The molecule has 0 aliphatic carbocycles. The van der Waals surface area contributed by atoms with E-state index in [2.05, 4.69) is 20.3 Å². The third kappa shape index (κ3) is 4.31. The largest absolute Gasteiger partial charge is 0.337 e. The van der Waals surface area contributed by atoms with Gasteiger partial charge in [0.15, 0.2) is 10.6 Å². The first-order valence-corrected chi connectivity index (χ1v) is 10.3. The summed E-state index contributed by atoms with van der Waals surface area (Å²) in [5.41, 5.74) is 3.97. The maximum absolute atomic E-state index is 13.1. The Kier molecular flexibility index (Phi) is 5.77. The molecule has 0 spiro atoms. The van der Waals surface area contributed by atoms with Crippen molar-refractivity contribution in [3.05, 3.63) is 77.1 Å². The summed E-state index contributed by atoms with van der Waals surface area (Å²) in [6.07, 6.45) is 3.14. The third-order valence-electron chi connectivity index (χ3n) is 5.36. The second-order valence-electron chi connectivity index (χ2n) is 7.42. The lowest BCUT2D eigenvalue weighted by Gasteiger charge is -2.26. The molecule has 0 saturated heterocycles. The van der Waals surface area contributed by atoms with Gasteiger partial charge < -0.3 is 4.90 Å². The van der Waals surface area contributed by atoms with Crippen molar-refractivity contribution in [2.75, 3.05) is 7.05 Å². The van der Waals surface area contributed by atoms with Crippen LogP contribution in [0.3, 0.4) is 0 Å². The van der Waals surface area contributed by atoms with Crippen LogP contribution in [0.15, 0.2) is 61.2 Å². The summed E-state index contributed by atoms with van der Waals surface area (Å²) in [6.45, 7) is 4.12. The van der Waals surface area contributed by atoms with E-state index in [4.69, 9.17) is 12.2 Å². The van der Waals surface area contributed by atoms with Crippen LogP contribution in [0.4, 0.5) is 0 Å². The van der Waals surface area contributed by atoms with Crippen molar-refractivity contribution < 1.29 is 4.79 Å². The van der Waals surface area contributed by atoms with Crippen LogP contribution in [0.5, 0.6) is 0 Å². The van der Waals surface area contributed by atoms with Gasteiger partial charge >= 0.3 is 0 Å². The molecule has 0 aliphatic rings. The fraction of sp³-hybridized carbons (Fsp3) is 0.227. The first-order valence-electron chi connectivity index (χ1n) is 9.87. The number of aromatic amines is 1. The molecule has 1 amide bonds. The maximum Gasteiger partial charge on any atom is 0.242 e. The number of aryl methyl sites for hydroxylation is 1. The van der Waals surface area contributed by atoms with Gasteiger partial charge in [-0.1, -0.05) is 35.9 Å². The van der Waals surface area contributed by atoms with Gasteiger partial charge in [-0.25, -0.2) is 9.67 Å². The predicted octanol–water partition coefficient (Wildman–Crippen LogP) is 3.72. The number of nitrogens with one attached hydrogen (secondary N) is 1. The number of H-pyrrole nitrogens is 1. The highest BCUT2D eigenvalue weighted by Gasteiger charge is 2.20. The van der Waals surface area contributed by atoms with Crippen molar-refractivity contribution in [1.29, 1.82) is 0 Å². The van der Waals surface area contributed by atoms with Gasteiger partial charge in [0.05, 0.1) is 11.7 Å². The zero-order valence-electron chi connectivity index (χ0n) is 17.6. The third-order valence-corrected chi connectivity index (χ3v) is 5.67. The van der Waals surface area contributed by atoms with E-state index in [1.807, 2.05) is 62.4 Å². The number of hydrogen-bond donors (Lipinski definition) is 1. The first kappa shape index (κ1) is 20.7. The summed E-state index contributed by atoms with van der Waals surface area (Å²) < 4.78 is 3.85. The predicted molar refractivity (Wildman–Crippen MR) is 120 cm³/mol. The molecule has 0 saturated carbocycles.